The Morgan fingerprint density at radius 3 is 2.64 bits per heavy atom. The molecule has 0 aliphatic carbocycles. The molecule has 0 bridgehead atoms. The monoisotopic (exact) mass is 357 g/mol. The first kappa shape index (κ1) is 16.8. The van der Waals surface area contributed by atoms with E-state index in [0.717, 1.165) is 11.8 Å². The number of methoxy groups -OCH3 is 1. The number of anilines is 1. The SMILES string of the molecule is COc1ccc(NC(=O)CSc2c([O-])on[n+]2-c2ccccc2)cc1. The number of hydrogen-bond acceptors (Lipinski definition) is 6. The van der Waals surface area contributed by atoms with Crippen LogP contribution in [0.4, 0.5) is 5.69 Å². The summed E-state index contributed by atoms with van der Waals surface area (Å²) in [5.74, 6) is -0.0618. The molecule has 1 heterocycles. The maximum Gasteiger partial charge on any atom is 0.298 e. The summed E-state index contributed by atoms with van der Waals surface area (Å²) in [5, 5.41) is 18.6. The summed E-state index contributed by atoms with van der Waals surface area (Å²) in [4.78, 5) is 12.1. The molecule has 1 N–H and O–H groups in total. The lowest BCUT2D eigenvalue weighted by Gasteiger charge is -2.05. The molecule has 0 fully saturated rings. The van der Waals surface area contributed by atoms with Crippen LogP contribution in [0.25, 0.3) is 5.69 Å². The third-order valence-corrected chi connectivity index (χ3v) is 4.31. The van der Waals surface area contributed by atoms with Gasteiger partial charge in [-0.2, -0.15) is 0 Å². The highest BCUT2D eigenvalue weighted by atomic mass is 32.2. The zero-order valence-electron chi connectivity index (χ0n) is 13.3. The van der Waals surface area contributed by atoms with E-state index in [4.69, 9.17) is 9.26 Å². The van der Waals surface area contributed by atoms with Gasteiger partial charge in [0.15, 0.2) is 5.95 Å². The summed E-state index contributed by atoms with van der Waals surface area (Å²) in [5.41, 5.74) is 1.33. The molecule has 0 atom stereocenters. The molecule has 3 rings (SSSR count). The predicted molar refractivity (Wildman–Crippen MR) is 89.8 cm³/mol. The molecule has 0 aliphatic rings. The number of thioether (sulfide) groups is 1. The highest BCUT2D eigenvalue weighted by molar-refractivity contribution is 7.99. The predicted octanol–water partition coefficient (Wildman–Crippen LogP) is 1.76. The van der Waals surface area contributed by atoms with Gasteiger partial charge in [-0.3, -0.25) is 4.79 Å². The van der Waals surface area contributed by atoms with Gasteiger partial charge in [-0.15, -0.1) is 0 Å². The van der Waals surface area contributed by atoms with Gasteiger partial charge in [-0.05, 0) is 40.7 Å². The van der Waals surface area contributed by atoms with E-state index >= 15 is 0 Å². The Morgan fingerprint density at radius 1 is 1.24 bits per heavy atom. The minimum atomic E-state index is -0.578. The molecule has 128 valence electrons. The van der Waals surface area contributed by atoms with Crippen LogP contribution in [-0.4, -0.2) is 24.0 Å². The number of aromatic nitrogens is 2. The molecule has 0 spiro atoms. The third kappa shape index (κ3) is 4.10. The number of nitrogens with zero attached hydrogens (tertiary/aromatic N) is 2. The number of rotatable bonds is 6. The molecule has 0 saturated carbocycles. The molecule has 0 unspecified atom stereocenters. The van der Waals surface area contributed by atoms with Gasteiger partial charge in [0.2, 0.25) is 11.6 Å². The molecule has 0 saturated heterocycles. The molecule has 8 heteroatoms. The maximum absolute atomic E-state index is 12.1. The van der Waals surface area contributed by atoms with Gasteiger partial charge >= 0.3 is 0 Å². The molecule has 25 heavy (non-hydrogen) atoms. The minimum absolute atomic E-state index is 0.0509. The van der Waals surface area contributed by atoms with Crippen LogP contribution in [0.15, 0.2) is 64.1 Å². The van der Waals surface area contributed by atoms with Crippen molar-refractivity contribution in [2.45, 2.75) is 5.03 Å². The van der Waals surface area contributed by atoms with E-state index in [9.17, 15) is 9.90 Å². The van der Waals surface area contributed by atoms with Crippen LogP contribution in [-0.2, 0) is 4.79 Å². The Kier molecular flexibility index (Phi) is 5.20. The molecule has 0 radical (unpaired) electrons. The largest absolute Gasteiger partial charge is 0.538 e. The Hall–Kier alpha value is -3.00. The first-order chi connectivity index (χ1) is 12.2. The van der Waals surface area contributed by atoms with Gasteiger partial charge < -0.3 is 19.7 Å². The fraction of sp³-hybridized carbons (Fsp3) is 0.118. The number of ether oxygens (including phenoxy) is 1. The second kappa shape index (κ2) is 7.71. The number of carbonyl (C=O) groups excluding carboxylic acids is 1. The summed E-state index contributed by atoms with van der Waals surface area (Å²) in [6.45, 7) is 0. The fourth-order valence-corrected chi connectivity index (χ4v) is 2.86. The van der Waals surface area contributed by atoms with E-state index in [2.05, 4.69) is 10.6 Å². The van der Waals surface area contributed by atoms with Crippen molar-refractivity contribution in [3.8, 4) is 17.4 Å². The average Bonchev–Trinajstić information content (AvgIpc) is 3.02. The lowest BCUT2D eigenvalue weighted by atomic mass is 10.3. The Labute approximate surface area is 148 Å². The Bertz CT molecular complexity index is 850. The maximum atomic E-state index is 12.1. The lowest BCUT2D eigenvalue weighted by molar-refractivity contribution is -0.705. The van der Waals surface area contributed by atoms with Crippen molar-refractivity contribution in [3.63, 3.8) is 0 Å². The highest BCUT2D eigenvalue weighted by Crippen LogP contribution is 2.23. The molecule has 2 aromatic carbocycles. The normalized spacial score (nSPS) is 10.4. The van der Waals surface area contributed by atoms with E-state index in [1.807, 2.05) is 18.2 Å². The number of carbonyl (C=O) groups is 1. The lowest BCUT2D eigenvalue weighted by Crippen LogP contribution is -2.35. The average molecular weight is 357 g/mol. The summed E-state index contributed by atoms with van der Waals surface area (Å²) in [6, 6.07) is 16.1. The zero-order chi connectivity index (χ0) is 17.6. The second-order valence-electron chi connectivity index (χ2n) is 4.98. The molecular formula is C17H15N3O4S. The summed E-state index contributed by atoms with van der Waals surface area (Å²) < 4.78 is 11.2. The summed E-state index contributed by atoms with van der Waals surface area (Å²) >= 11 is 1.07. The molecule has 1 amide bonds. The van der Waals surface area contributed by atoms with Crippen LogP contribution >= 0.6 is 11.8 Å². The molecule has 3 aromatic rings. The fourth-order valence-electron chi connectivity index (χ4n) is 2.10. The van der Waals surface area contributed by atoms with Crippen LogP contribution < -0.4 is 19.8 Å². The third-order valence-electron chi connectivity index (χ3n) is 3.29. The van der Waals surface area contributed by atoms with Crippen LogP contribution in [0.1, 0.15) is 0 Å². The van der Waals surface area contributed by atoms with Crippen LogP contribution in [0.2, 0.25) is 0 Å². The van der Waals surface area contributed by atoms with Crippen molar-refractivity contribution in [1.29, 1.82) is 0 Å². The van der Waals surface area contributed by atoms with E-state index in [-0.39, 0.29) is 16.7 Å². The van der Waals surface area contributed by atoms with Crippen molar-refractivity contribution in [2.24, 2.45) is 0 Å². The summed E-state index contributed by atoms with van der Waals surface area (Å²) in [6.07, 6.45) is 0. The molecular weight excluding hydrogens is 342 g/mol. The van der Waals surface area contributed by atoms with Crippen molar-refractivity contribution in [2.75, 3.05) is 18.2 Å². The Balaban J connectivity index is 1.65. The molecule has 7 nitrogen and oxygen atoms in total. The topological polar surface area (TPSA) is 91.3 Å². The number of benzene rings is 2. The Morgan fingerprint density at radius 2 is 1.96 bits per heavy atom. The number of nitrogens with one attached hydrogen (secondary N) is 1. The number of hydrogen-bond donors (Lipinski definition) is 1. The standard InChI is InChI=1S/C17H15N3O4S/c1-23-14-9-7-12(8-10-14)18-15(21)11-25-16-17(22)24-19-20(16)13-5-3-2-4-6-13/h2-10H,11H2,1H3,(H-,18,19,21,22). The van der Waals surface area contributed by atoms with Crippen LogP contribution in [0.5, 0.6) is 11.7 Å². The number of para-hydroxylation sites is 1. The second-order valence-corrected chi connectivity index (χ2v) is 5.94. The highest BCUT2D eigenvalue weighted by Gasteiger charge is 2.21. The van der Waals surface area contributed by atoms with E-state index < -0.39 is 5.95 Å². The first-order valence-corrected chi connectivity index (χ1v) is 8.37. The van der Waals surface area contributed by atoms with Gasteiger partial charge in [-0.25, -0.2) is 0 Å². The summed E-state index contributed by atoms with van der Waals surface area (Å²) in [7, 11) is 1.58. The van der Waals surface area contributed by atoms with Gasteiger partial charge in [0.1, 0.15) is 5.75 Å². The van der Waals surface area contributed by atoms with Gasteiger partial charge in [0, 0.05) is 17.8 Å². The zero-order valence-corrected chi connectivity index (χ0v) is 14.2. The van der Waals surface area contributed by atoms with E-state index in [1.165, 1.54) is 4.68 Å². The number of amides is 1. The van der Waals surface area contributed by atoms with Crippen LogP contribution in [0, 0.1) is 0 Å². The van der Waals surface area contributed by atoms with Crippen molar-refractivity contribution in [3.05, 3.63) is 54.6 Å². The van der Waals surface area contributed by atoms with Gasteiger partial charge in [0.05, 0.1) is 18.1 Å². The quantitative estimate of drug-likeness (QED) is 0.534. The minimum Gasteiger partial charge on any atom is -0.538 e. The van der Waals surface area contributed by atoms with Crippen molar-refractivity contribution in [1.82, 2.24) is 5.27 Å². The van der Waals surface area contributed by atoms with E-state index in [1.54, 1.807) is 43.5 Å². The molecule has 1 aromatic heterocycles. The smallest absolute Gasteiger partial charge is 0.298 e. The van der Waals surface area contributed by atoms with E-state index in [0.29, 0.717) is 17.1 Å². The first-order valence-electron chi connectivity index (χ1n) is 7.38. The molecule has 0 aliphatic heterocycles. The van der Waals surface area contributed by atoms with Gasteiger partial charge in [0.25, 0.3) is 5.03 Å². The van der Waals surface area contributed by atoms with Crippen molar-refractivity contribution >= 4 is 23.4 Å². The van der Waals surface area contributed by atoms with Crippen LogP contribution in [0.3, 0.4) is 0 Å². The van der Waals surface area contributed by atoms with Crippen molar-refractivity contribution < 1.29 is 23.8 Å². The van der Waals surface area contributed by atoms with Gasteiger partial charge in [-0.1, -0.05) is 18.2 Å².